The Labute approximate surface area is 153 Å². The van der Waals surface area contributed by atoms with Crippen LogP contribution in [-0.4, -0.2) is 42.5 Å². The average molecular weight is 370 g/mol. The van der Waals surface area contributed by atoms with Gasteiger partial charge in [-0.3, -0.25) is 0 Å². The summed E-state index contributed by atoms with van der Waals surface area (Å²) in [6.07, 6.45) is 4.75. The van der Waals surface area contributed by atoms with Crippen molar-refractivity contribution in [3.8, 4) is 23.0 Å². The zero-order valence-corrected chi connectivity index (χ0v) is 14.4. The predicted molar refractivity (Wildman–Crippen MR) is 89.5 cm³/mol. The maximum Gasteiger partial charge on any atom is 0.362 e. The second kappa shape index (κ2) is 7.06. The number of hydrogen-bond donors (Lipinski definition) is 0. The summed E-state index contributed by atoms with van der Waals surface area (Å²) in [5.74, 6) is -0.556. The van der Waals surface area contributed by atoms with Gasteiger partial charge in [0.15, 0.2) is 5.82 Å². The number of benzene rings is 1. The van der Waals surface area contributed by atoms with Crippen LogP contribution in [0.15, 0.2) is 30.9 Å². The van der Waals surface area contributed by atoms with E-state index in [2.05, 4.69) is 25.4 Å². The van der Waals surface area contributed by atoms with Crippen molar-refractivity contribution < 1.29 is 18.7 Å². The molecule has 1 aliphatic rings. The van der Waals surface area contributed by atoms with Gasteiger partial charge in [0.25, 0.3) is 5.88 Å². The summed E-state index contributed by atoms with van der Waals surface area (Å²) >= 11 is 0. The fourth-order valence-electron chi connectivity index (χ4n) is 2.60. The molecule has 1 saturated carbocycles. The fraction of sp³-hybridized carbons (Fsp3) is 0.294. The molecule has 27 heavy (non-hydrogen) atoms. The molecule has 0 saturated heterocycles. The van der Waals surface area contributed by atoms with Gasteiger partial charge in [-0.15, -0.1) is 20.4 Å². The highest BCUT2D eigenvalue weighted by Crippen LogP contribution is 2.40. The van der Waals surface area contributed by atoms with Crippen LogP contribution in [0.3, 0.4) is 0 Å². The normalized spacial score (nSPS) is 13.4. The standard InChI is InChI=1S/C17H15FN6O3/c1-2-26-17(25)14-16(23-20-8-19-14)27-13-6-3-10(18)7-12(13)15-22-21-9-24(15)11-4-5-11/h3,6-9,11H,2,4-5H2,1H3. The van der Waals surface area contributed by atoms with E-state index in [-0.39, 0.29) is 23.9 Å². The molecule has 0 amide bonds. The van der Waals surface area contributed by atoms with E-state index < -0.39 is 11.8 Å². The van der Waals surface area contributed by atoms with E-state index in [1.165, 1.54) is 18.2 Å². The van der Waals surface area contributed by atoms with Crippen molar-refractivity contribution in [2.45, 2.75) is 25.8 Å². The van der Waals surface area contributed by atoms with Crippen LogP contribution in [0.2, 0.25) is 0 Å². The van der Waals surface area contributed by atoms with Crippen molar-refractivity contribution in [3.05, 3.63) is 42.4 Å². The van der Waals surface area contributed by atoms with Gasteiger partial charge in [-0.2, -0.15) is 0 Å². The number of aromatic nitrogens is 6. The molecule has 0 N–H and O–H groups in total. The van der Waals surface area contributed by atoms with Gasteiger partial charge in [0.2, 0.25) is 5.69 Å². The Bertz CT molecular complexity index is 988. The number of carbonyl (C=O) groups excluding carboxylic acids is 1. The molecule has 1 fully saturated rings. The number of rotatable bonds is 6. The molecule has 2 heterocycles. The van der Waals surface area contributed by atoms with Crippen LogP contribution in [0.25, 0.3) is 11.4 Å². The van der Waals surface area contributed by atoms with Crippen LogP contribution in [0.1, 0.15) is 36.3 Å². The molecule has 10 heteroatoms. The van der Waals surface area contributed by atoms with Crippen molar-refractivity contribution in [2.75, 3.05) is 6.61 Å². The Morgan fingerprint density at radius 2 is 2.15 bits per heavy atom. The Morgan fingerprint density at radius 3 is 2.93 bits per heavy atom. The van der Waals surface area contributed by atoms with E-state index in [0.29, 0.717) is 17.4 Å². The van der Waals surface area contributed by atoms with Crippen molar-refractivity contribution >= 4 is 5.97 Å². The Balaban J connectivity index is 1.74. The number of hydrogen-bond acceptors (Lipinski definition) is 8. The van der Waals surface area contributed by atoms with Crippen molar-refractivity contribution in [3.63, 3.8) is 0 Å². The smallest absolute Gasteiger partial charge is 0.362 e. The fourth-order valence-corrected chi connectivity index (χ4v) is 2.60. The molecule has 0 radical (unpaired) electrons. The van der Waals surface area contributed by atoms with Crippen molar-refractivity contribution in [1.29, 1.82) is 0 Å². The van der Waals surface area contributed by atoms with Crippen molar-refractivity contribution in [2.24, 2.45) is 0 Å². The molecule has 1 aromatic carbocycles. The highest BCUT2D eigenvalue weighted by atomic mass is 19.1. The zero-order chi connectivity index (χ0) is 18.8. The number of esters is 1. The Hall–Kier alpha value is -3.43. The summed E-state index contributed by atoms with van der Waals surface area (Å²) in [7, 11) is 0. The lowest BCUT2D eigenvalue weighted by Crippen LogP contribution is -2.11. The van der Waals surface area contributed by atoms with Crippen LogP contribution in [0.5, 0.6) is 11.6 Å². The third kappa shape index (κ3) is 3.46. The maximum atomic E-state index is 13.9. The van der Waals surface area contributed by atoms with Crippen LogP contribution >= 0.6 is 0 Å². The molecule has 1 aliphatic carbocycles. The molecule has 4 rings (SSSR count). The van der Waals surface area contributed by atoms with E-state index in [1.807, 2.05) is 4.57 Å². The van der Waals surface area contributed by atoms with E-state index in [0.717, 1.165) is 19.2 Å². The van der Waals surface area contributed by atoms with Gasteiger partial charge in [0.05, 0.1) is 12.2 Å². The highest BCUT2D eigenvalue weighted by Gasteiger charge is 2.28. The second-order valence-electron chi connectivity index (χ2n) is 5.87. The molecular formula is C17H15FN6O3. The first-order valence-corrected chi connectivity index (χ1v) is 8.39. The summed E-state index contributed by atoms with van der Waals surface area (Å²) in [6, 6.07) is 4.26. The van der Waals surface area contributed by atoms with Crippen LogP contribution < -0.4 is 4.74 Å². The largest absolute Gasteiger partial charge is 0.461 e. The summed E-state index contributed by atoms with van der Waals surface area (Å²) < 4.78 is 26.5. The van der Waals surface area contributed by atoms with Gasteiger partial charge in [-0.05, 0) is 38.0 Å². The number of nitrogens with zero attached hydrogens (tertiary/aromatic N) is 6. The van der Waals surface area contributed by atoms with Gasteiger partial charge >= 0.3 is 5.97 Å². The first-order valence-electron chi connectivity index (χ1n) is 8.39. The molecule has 0 atom stereocenters. The van der Waals surface area contributed by atoms with Crippen LogP contribution in [0, 0.1) is 5.82 Å². The predicted octanol–water partition coefficient (Wildman–Crippen LogP) is 2.57. The topological polar surface area (TPSA) is 105 Å². The van der Waals surface area contributed by atoms with Gasteiger partial charge < -0.3 is 14.0 Å². The summed E-state index contributed by atoms with van der Waals surface area (Å²) in [5, 5.41) is 15.5. The second-order valence-corrected chi connectivity index (χ2v) is 5.87. The monoisotopic (exact) mass is 370 g/mol. The van der Waals surface area contributed by atoms with Crippen molar-refractivity contribution in [1.82, 2.24) is 29.9 Å². The quantitative estimate of drug-likeness (QED) is 0.610. The third-order valence-electron chi connectivity index (χ3n) is 3.96. The van der Waals surface area contributed by atoms with Gasteiger partial charge in [-0.1, -0.05) is 0 Å². The molecule has 3 aromatic rings. The highest BCUT2D eigenvalue weighted by molar-refractivity contribution is 5.89. The Morgan fingerprint density at radius 1 is 1.30 bits per heavy atom. The maximum absolute atomic E-state index is 13.9. The minimum Gasteiger partial charge on any atom is -0.461 e. The van der Waals surface area contributed by atoms with Gasteiger partial charge in [0, 0.05) is 6.04 Å². The first kappa shape index (κ1) is 17.0. The molecule has 0 unspecified atom stereocenters. The molecule has 0 aliphatic heterocycles. The molecular weight excluding hydrogens is 355 g/mol. The summed E-state index contributed by atoms with van der Waals surface area (Å²) in [5.41, 5.74) is 0.269. The van der Waals surface area contributed by atoms with Gasteiger partial charge in [-0.25, -0.2) is 14.2 Å². The van der Waals surface area contributed by atoms with E-state index in [9.17, 15) is 9.18 Å². The third-order valence-corrected chi connectivity index (χ3v) is 3.96. The number of carbonyl (C=O) groups is 1. The zero-order valence-electron chi connectivity index (χ0n) is 14.4. The van der Waals surface area contributed by atoms with E-state index >= 15 is 0 Å². The number of ether oxygens (including phenoxy) is 2. The Kier molecular flexibility index (Phi) is 4.45. The van der Waals surface area contributed by atoms with E-state index in [4.69, 9.17) is 9.47 Å². The summed E-state index contributed by atoms with van der Waals surface area (Å²) in [4.78, 5) is 15.9. The first-order chi connectivity index (χ1) is 13.2. The summed E-state index contributed by atoms with van der Waals surface area (Å²) in [6.45, 7) is 1.85. The molecule has 0 bridgehead atoms. The van der Waals surface area contributed by atoms with Crippen LogP contribution in [-0.2, 0) is 4.74 Å². The van der Waals surface area contributed by atoms with Crippen LogP contribution in [0.4, 0.5) is 4.39 Å². The van der Waals surface area contributed by atoms with E-state index in [1.54, 1.807) is 13.3 Å². The lowest BCUT2D eigenvalue weighted by Gasteiger charge is -2.12. The molecule has 9 nitrogen and oxygen atoms in total. The average Bonchev–Trinajstić information content (AvgIpc) is 3.40. The lowest BCUT2D eigenvalue weighted by atomic mass is 10.1. The lowest BCUT2D eigenvalue weighted by molar-refractivity contribution is 0.0514. The molecule has 2 aromatic heterocycles. The number of halogens is 1. The minimum atomic E-state index is -0.688. The SMILES string of the molecule is CCOC(=O)c1ncnnc1Oc1ccc(F)cc1-c1nncn1C1CC1. The molecule has 138 valence electrons. The minimum absolute atomic E-state index is 0.120. The molecule has 0 spiro atoms. The van der Waals surface area contributed by atoms with Gasteiger partial charge in [0.1, 0.15) is 24.2 Å².